The molecule has 1 amide bonds. The molecule has 0 unspecified atom stereocenters. The van der Waals surface area contributed by atoms with Crippen molar-refractivity contribution in [2.75, 3.05) is 13.6 Å². The van der Waals surface area contributed by atoms with E-state index in [1.165, 1.54) is 4.90 Å². The number of aromatic nitrogens is 2. The van der Waals surface area contributed by atoms with Crippen molar-refractivity contribution in [3.05, 3.63) is 17.0 Å². The van der Waals surface area contributed by atoms with E-state index in [4.69, 9.17) is 6.42 Å². The number of carbonyl (C=O) groups is 1. The lowest BCUT2D eigenvalue weighted by Gasteiger charge is -2.13. The van der Waals surface area contributed by atoms with Crippen LogP contribution in [0.25, 0.3) is 0 Å². The largest absolute Gasteiger partial charge is 0.330 e. The molecule has 80 valence electrons. The van der Waals surface area contributed by atoms with Gasteiger partial charge in [0, 0.05) is 19.8 Å². The minimum Gasteiger partial charge on any atom is -0.330 e. The van der Waals surface area contributed by atoms with Crippen molar-refractivity contribution in [2.45, 2.75) is 13.8 Å². The van der Waals surface area contributed by atoms with Crippen LogP contribution in [-0.4, -0.2) is 34.2 Å². The third-order valence-corrected chi connectivity index (χ3v) is 2.40. The number of terminal acetylenes is 1. The van der Waals surface area contributed by atoms with Crippen molar-refractivity contribution in [1.29, 1.82) is 0 Å². The minimum atomic E-state index is -0.0731. The predicted molar refractivity (Wildman–Crippen MR) is 58.5 cm³/mol. The summed E-state index contributed by atoms with van der Waals surface area (Å²) in [4.78, 5) is 13.5. The zero-order valence-electron chi connectivity index (χ0n) is 9.53. The molecule has 1 aromatic rings. The number of carbonyl (C=O) groups excluding carboxylic acids is 1. The van der Waals surface area contributed by atoms with Gasteiger partial charge in [-0.2, -0.15) is 5.10 Å². The van der Waals surface area contributed by atoms with Gasteiger partial charge in [-0.15, -0.1) is 6.42 Å². The van der Waals surface area contributed by atoms with Crippen LogP contribution >= 0.6 is 0 Å². The summed E-state index contributed by atoms with van der Waals surface area (Å²) < 4.78 is 1.70. The molecule has 0 fully saturated rings. The van der Waals surface area contributed by atoms with Crippen LogP contribution in [0.2, 0.25) is 0 Å². The lowest BCUT2D eigenvalue weighted by Crippen LogP contribution is -2.27. The molecule has 0 aliphatic carbocycles. The summed E-state index contributed by atoms with van der Waals surface area (Å²) in [5, 5.41) is 4.19. The van der Waals surface area contributed by atoms with Crippen LogP contribution in [0, 0.1) is 26.2 Å². The van der Waals surface area contributed by atoms with Crippen molar-refractivity contribution in [1.82, 2.24) is 14.7 Å². The van der Waals surface area contributed by atoms with E-state index in [9.17, 15) is 4.79 Å². The van der Waals surface area contributed by atoms with Gasteiger partial charge < -0.3 is 4.90 Å². The Bertz CT molecular complexity index is 426. The Labute approximate surface area is 89.9 Å². The fourth-order valence-corrected chi connectivity index (χ4v) is 1.48. The van der Waals surface area contributed by atoms with E-state index in [-0.39, 0.29) is 5.91 Å². The van der Waals surface area contributed by atoms with Gasteiger partial charge in [0.2, 0.25) is 0 Å². The first-order valence-electron chi connectivity index (χ1n) is 4.68. The third kappa shape index (κ3) is 2.01. The van der Waals surface area contributed by atoms with Gasteiger partial charge >= 0.3 is 0 Å². The molecule has 0 bridgehead atoms. The summed E-state index contributed by atoms with van der Waals surface area (Å²) in [5.41, 5.74) is 2.25. The number of rotatable bonds is 2. The van der Waals surface area contributed by atoms with Gasteiger partial charge in [-0.1, -0.05) is 5.92 Å². The number of amides is 1. The Morgan fingerprint density at radius 1 is 1.60 bits per heavy atom. The number of hydrogen-bond donors (Lipinski definition) is 0. The maximum atomic E-state index is 12.0. The zero-order valence-corrected chi connectivity index (χ0v) is 9.53. The summed E-state index contributed by atoms with van der Waals surface area (Å²) >= 11 is 0. The molecule has 0 radical (unpaired) electrons. The molecule has 1 aromatic heterocycles. The normalized spacial score (nSPS) is 9.80. The van der Waals surface area contributed by atoms with Crippen molar-refractivity contribution in [3.63, 3.8) is 0 Å². The van der Waals surface area contributed by atoms with Crippen LogP contribution in [-0.2, 0) is 7.05 Å². The Kier molecular flexibility index (Phi) is 3.15. The van der Waals surface area contributed by atoms with Crippen molar-refractivity contribution in [3.8, 4) is 12.3 Å². The second kappa shape index (κ2) is 4.18. The van der Waals surface area contributed by atoms with Crippen LogP contribution in [0.1, 0.15) is 21.7 Å². The monoisotopic (exact) mass is 205 g/mol. The highest BCUT2D eigenvalue weighted by Gasteiger charge is 2.19. The summed E-state index contributed by atoms with van der Waals surface area (Å²) in [7, 11) is 3.51. The fourth-order valence-electron chi connectivity index (χ4n) is 1.48. The van der Waals surface area contributed by atoms with Gasteiger partial charge in [0.15, 0.2) is 0 Å². The summed E-state index contributed by atoms with van der Waals surface area (Å²) in [6, 6.07) is 0. The third-order valence-electron chi connectivity index (χ3n) is 2.40. The maximum absolute atomic E-state index is 12.0. The van der Waals surface area contributed by atoms with Crippen molar-refractivity contribution in [2.24, 2.45) is 7.05 Å². The first-order chi connectivity index (χ1) is 6.99. The molecule has 0 atom stereocenters. The Balaban J connectivity index is 3.07. The zero-order chi connectivity index (χ0) is 11.6. The van der Waals surface area contributed by atoms with E-state index in [0.29, 0.717) is 12.1 Å². The molecule has 0 aromatic carbocycles. The minimum absolute atomic E-state index is 0.0731. The van der Waals surface area contributed by atoms with Gasteiger partial charge in [-0.05, 0) is 13.8 Å². The van der Waals surface area contributed by atoms with E-state index in [1.54, 1.807) is 11.7 Å². The van der Waals surface area contributed by atoms with Crippen LogP contribution in [0.5, 0.6) is 0 Å². The standard InChI is InChI=1S/C11H15N3O/c1-6-7-13(4)11(15)10-8(2)12-14(5)9(10)3/h1H,7H2,2-5H3. The van der Waals surface area contributed by atoms with Gasteiger partial charge in [0.05, 0.1) is 17.8 Å². The molecule has 4 nitrogen and oxygen atoms in total. The van der Waals surface area contributed by atoms with E-state index in [0.717, 1.165) is 11.4 Å². The second-order valence-electron chi connectivity index (χ2n) is 3.53. The molecule has 0 saturated carbocycles. The number of hydrogen-bond acceptors (Lipinski definition) is 2. The molecule has 1 heterocycles. The van der Waals surface area contributed by atoms with Crippen molar-refractivity contribution < 1.29 is 4.79 Å². The highest BCUT2D eigenvalue weighted by atomic mass is 16.2. The van der Waals surface area contributed by atoms with E-state index >= 15 is 0 Å². The predicted octanol–water partition coefficient (Wildman–Crippen LogP) is 0.742. The average molecular weight is 205 g/mol. The molecule has 0 N–H and O–H groups in total. The van der Waals surface area contributed by atoms with Gasteiger partial charge in [0.1, 0.15) is 0 Å². The Hall–Kier alpha value is -1.76. The quantitative estimate of drug-likeness (QED) is 0.668. The van der Waals surface area contributed by atoms with Gasteiger partial charge in [0.25, 0.3) is 5.91 Å². The lowest BCUT2D eigenvalue weighted by molar-refractivity contribution is 0.0811. The molecule has 0 aliphatic rings. The SMILES string of the molecule is C#CCN(C)C(=O)c1c(C)nn(C)c1C. The maximum Gasteiger partial charge on any atom is 0.258 e. The molecular weight excluding hydrogens is 190 g/mol. The van der Waals surface area contributed by atoms with Crippen molar-refractivity contribution >= 4 is 5.91 Å². The molecule has 1 rings (SSSR count). The summed E-state index contributed by atoms with van der Waals surface area (Å²) in [6.07, 6.45) is 5.16. The topological polar surface area (TPSA) is 38.1 Å². The Morgan fingerprint density at radius 3 is 2.60 bits per heavy atom. The molecule has 15 heavy (non-hydrogen) atoms. The molecule has 4 heteroatoms. The van der Waals surface area contributed by atoms with Crippen LogP contribution < -0.4 is 0 Å². The van der Waals surface area contributed by atoms with Gasteiger partial charge in [-0.3, -0.25) is 9.48 Å². The summed E-state index contributed by atoms with van der Waals surface area (Å²) in [5.74, 6) is 2.37. The molecule has 0 spiro atoms. The number of aryl methyl sites for hydroxylation is 2. The molecule has 0 saturated heterocycles. The molecular formula is C11H15N3O. The molecule has 0 aliphatic heterocycles. The van der Waals surface area contributed by atoms with E-state index in [1.807, 2.05) is 20.9 Å². The lowest BCUT2D eigenvalue weighted by atomic mass is 10.2. The highest BCUT2D eigenvalue weighted by molar-refractivity contribution is 5.96. The fraction of sp³-hybridized carbons (Fsp3) is 0.455. The summed E-state index contributed by atoms with van der Waals surface area (Å²) in [6.45, 7) is 4.01. The number of nitrogens with zero attached hydrogens (tertiary/aromatic N) is 3. The smallest absolute Gasteiger partial charge is 0.258 e. The van der Waals surface area contributed by atoms with Crippen LogP contribution in [0.4, 0.5) is 0 Å². The van der Waals surface area contributed by atoms with Gasteiger partial charge in [-0.25, -0.2) is 0 Å². The second-order valence-corrected chi connectivity index (χ2v) is 3.53. The van der Waals surface area contributed by atoms with Crippen LogP contribution in [0.3, 0.4) is 0 Å². The first-order valence-corrected chi connectivity index (χ1v) is 4.68. The van der Waals surface area contributed by atoms with Crippen LogP contribution in [0.15, 0.2) is 0 Å². The van der Waals surface area contributed by atoms with E-state index < -0.39 is 0 Å². The van der Waals surface area contributed by atoms with E-state index in [2.05, 4.69) is 11.0 Å². The average Bonchev–Trinajstić information content (AvgIpc) is 2.41. The first kappa shape index (κ1) is 11.3. The highest BCUT2D eigenvalue weighted by Crippen LogP contribution is 2.13. The Morgan fingerprint density at radius 2 is 2.20 bits per heavy atom.